The molecule has 0 aliphatic heterocycles. The fraction of sp³-hybridized carbons (Fsp3) is 0.105. The van der Waals surface area contributed by atoms with Crippen LogP contribution in [0, 0.1) is 0 Å². The summed E-state index contributed by atoms with van der Waals surface area (Å²) in [5.74, 6) is 0.642. The number of benzene rings is 2. The number of amides is 1. The highest BCUT2D eigenvalue weighted by atomic mass is 35.5. The molecule has 122 valence electrons. The van der Waals surface area contributed by atoms with Crippen molar-refractivity contribution >= 4 is 45.0 Å². The van der Waals surface area contributed by atoms with Gasteiger partial charge in [-0.15, -0.1) is 11.3 Å². The van der Waals surface area contributed by atoms with Gasteiger partial charge in [0, 0.05) is 27.6 Å². The number of methoxy groups -OCH3 is 1. The van der Waals surface area contributed by atoms with Gasteiger partial charge in [0.1, 0.15) is 5.75 Å². The summed E-state index contributed by atoms with van der Waals surface area (Å²) in [6.45, 7) is 0.466. The molecule has 5 heteroatoms. The van der Waals surface area contributed by atoms with E-state index in [1.807, 2.05) is 48.5 Å². The molecule has 1 heterocycles. The largest absolute Gasteiger partial charge is 0.497 e. The second kappa shape index (κ2) is 7.51. The maximum Gasteiger partial charge on any atom is 0.244 e. The van der Waals surface area contributed by atoms with E-state index in [2.05, 4.69) is 5.32 Å². The minimum Gasteiger partial charge on any atom is -0.497 e. The molecule has 1 amide bonds. The van der Waals surface area contributed by atoms with Crippen molar-refractivity contribution in [1.82, 2.24) is 5.32 Å². The summed E-state index contributed by atoms with van der Waals surface area (Å²) < 4.78 is 6.22. The van der Waals surface area contributed by atoms with Gasteiger partial charge in [0.2, 0.25) is 5.91 Å². The molecule has 3 rings (SSSR count). The zero-order chi connectivity index (χ0) is 16.9. The van der Waals surface area contributed by atoms with E-state index in [0.717, 1.165) is 26.3 Å². The molecule has 24 heavy (non-hydrogen) atoms. The molecule has 0 unspecified atom stereocenters. The maximum atomic E-state index is 12.0. The fourth-order valence-corrected chi connectivity index (χ4v) is 3.68. The molecule has 1 aromatic heterocycles. The molecule has 0 bridgehead atoms. The van der Waals surface area contributed by atoms with Gasteiger partial charge >= 0.3 is 0 Å². The quantitative estimate of drug-likeness (QED) is 0.660. The van der Waals surface area contributed by atoms with Gasteiger partial charge in [-0.25, -0.2) is 0 Å². The van der Waals surface area contributed by atoms with Crippen molar-refractivity contribution < 1.29 is 9.53 Å². The van der Waals surface area contributed by atoms with Crippen LogP contribution in [-0.2, 0) is 11.3 Å². The second-order valence-corrected chi connectivity index (χ2v) is 6.64. The van der Waals surface area contributed by atoms with E-state index in [0.29, 0.717) is 11.6 Å². The highest BCUT2D eigenvalue weighted by molar-refractivity contribution is 7.20. The Labute approximate surface area is 149 Å². The number of thiophene rings is 1. The summed E-state index contributed by atoms with van der Waals surface area (Å²) in [6.07, 6.45) is 3.27. The van der Waals surface area contributed by atoms with Crippen LogP contribution in [0.25, 0.3) is 16.2 Å². The number of halogens is 1. The molecule has 3 nitrogen and oxygen atoms in total. The standard InChI is InChI=1S/C19H16ClNO2S/c1-23-14-8-6-13(7-9-14)12-21-18(22)11-10-17-19(20)15-4-2-3-5-16(15)24-17/h2-11H,12H2,1H3,(H,21,22)/b11-10+. The summed E-state index contributed by atoms with van der Waals surface area (Å²) in [4.78, 5) is 12.9. The van der Waals surface area contributed by atoms with E-state index >= 15 is 0 Å². The summed E-state index contributed by atoms with van der Waals surface area (Å²) in [5, 5.41) is 4.56. The van der Waals surface area contributed by atoms with Crippen LogP contribution in [0.5, 0.6) is 5.75 Å². The lowest BCUT2D eigenvalue weighted by molar-refractivity contribution is -0.116. The Morgan fingerprint density at radius 1 is 1.21 bits per heavy atom. The van der Waals surface area contributed by atoms with Gasteiger partial charge in [-0.3, -0.25) is 4.79 Å². The normalized spacial score (nSPS) is 11.1. The van der Waals surface area contributed by atoms with E-state index < -0.39 is 0 Å². The minimum absolute atomic E-state index is 0.153. The van der Waals surface area contributed by atoms with Gasteiger partial charge in [-0.05, 0) is 29.8 Å². The summed E-state index contributed by atoms with van der Waals surface area (Å²) in [7, 11) is 1.63. The summed E-state index contributed by atoms with van der Waals surface area (Å²) in [5.41, 5.74) is 1.01. The van der Waals surface area contributed by atoms with Crippen LogP contribution in [0.2, 0.25) is 5.02 Å². The third kappa shape index (κ3) is 3.78. The van der Waals surface area contributed by atoms with Crippen LogP contribution in [0.4, 0.5) is 0 Å². The first-order valence-electron chi connectivity index (χ1n) is 7.43. The monoisotopic (exact) mass is 357 g/mol. The lowest BCUT2D eigenvalue weighted by Gasteiger charge is -2.04. The number of nitrogens with one attached hydrogen (secondary N) is 1. The minimum atomic E-state index is -0.153. The second-order valence-electron chi connectivity index (χ2n) is 5.18. The van der Waals surface area contributed by atoms with E-state index in [4.69, 9.17) is 16.3 Å². The van der Waals surface area contributed by atoms with Gasteiger partial charge in [-0.2, -0.15) is 0 Å². The predicted molar refractivity (Wildman–Crippen MR) is 101 cm³/mol. The zero-order valence-electron chi connectivity index (χ0n) is 13.1. The van der Waals surface area contributed by atoms with Crippen molar-refractivity contribution in [2.45, 2.75) is 6.54 Å². The van der Waals surface area contributed by atoms with Crippen LogP contribution in [0.3, 0.4) is 0 Å². The molecule has 0 radical (unpaired) electrons. The summed E-state index contributed by atoms with van der Waals surface area (Å²) >= 11 is 7.93. The van der Waals surface area contributed by atoms with E-state index in [9.17, 15) is 4.79 Å². The van der Waals surface area contributed by atoms with Crippen molar-refractivity contribution in [2.24, 2.45) is 0 Å². The first kappa shape index (κ1) is 16.6. The van der Waals surface area contributed by atoms with Crippen molar-refractivity contribution in [3.05, 3.63) is 70.1 Å². The SMILES string of the molecule is COc1ccc(CNC(=O)/C=C/c2sc3ccccc3c2Cl)cc1. The highest BCUT2D eigenvalue weighted by Crippen LogP contribution is 2.35. The third-order valence-corrected chi connectivity index (χ3v) is 5.23. The molecule has 3 aromatic rings. The Morgan fingerprint density at radius 2 is 1.96 bits per heavy atom. The lowest BCUT2D eigenvalue weighted by atomic mass is 10.2. The molecule has 0 aliphatic carbocycles. The lowest BCUT2D eigenvalue weighted by Crippen LogP contribution is -2.20. The van der Waals surface area contributed by atoms with Gasteiger partial charge < -0.3 is 10.1 Å². The summed E-state index contributed by atoms with van der Waals surface area (Å²) in [6, 6.07) is 15.5. The van der Waals surface area contributed by atoms with E-state index in [1.54, 1.807) is 24.5 Å². The Morgan fingerprint density at radius 3 is 2.67 bits per heavy atom. The number of rotatable bonds is 5. The fourth-order valence-electron chi connectivity index (χ4n) is 2.28. The number of hydrogen-bond acceptors (Lipinski definition) is 3. The molecule has 2 aromatic carbocycles. The number of hydrogen-bond donors (Lipinski definition) is 1. The molecule has 0 saturated carbocycles. The van der Waals surface area contributed by atoms with Crippen molar-refractivity contribution in [3.8, 4) is 5.75 Å². The first-order valence-corrected chi connectivity index (χ1v) is 8.62. The molecule has 1 N–H and O–H groups in total. The molecular formula is C19H16ClNO2S. The van der Waals surface area contributed by atoms with Crippen LogP contribution < -0.4 is 10.1 Å². The van der Waals surface area contributed by atoms with Crippen molar-refractivity contribution in [2.75, 3.05) is 7.11 Å². The topological polar surface area (TPSA) is 38.3 Å². The zero-order valence-corrected chi connectivity index (χ0v) is 14.7. The van der Waals surface area contributed by atoms with Crippen LogP contribution >= 0.6 is 22.9 Å². The molecule has 0 saturated heterocycles. The van der Waals surface area contributed by atoms with Crippen molar-refractivity contribution in [3.63, 3.8) is 0 Å². The molecular weight excluding hydrogens is 342 g/mol. The molecule has 0 spiro atoms. The number of carbonyl (C=O) groups excluding carboxylic acids is 1. The number of fused-ring (bicyclic) bond motifs is 1. The number of carbonyl (C=O) groups is 1. The van der Waals surface area contributed by atoms with Gasteiger partial charge in [0.15, 0.2) is 0 Å². The van der Waals surface area contributed by atoms with Crippen molar-refractivity contribution in [1.29, 1.82) is 0 Å². The van der Waals surface area contributed by atoms with E-state index in [1.165, 1.54) is 6.08 Å². The molecule has 0 atom stereocenters. The average Bonchev–Trinajstić information content (AvgIpc) is 2.95. The Hall–Kier alpha value is -2.30. The smallest absolute Gasteiger partial charge is 0.244 e. The Kier molecular flexibility index (Phi) is 5.18. The van der Waals surface area contributed by atoms with Crippen LogP contribution in [0.15, 0.2) is 54.6 Å². The van der Waals surface area contributed by atoms with Gasteiger partial charge in [-0.1, -0.05) is 41.9 Å². The number of ether oxygens (including phenoxy) is 1. The average molecular weight is 358 g/mol. The predicted octanol–water partition coefficient (Wildman–Crippen LogP) is 4.89. The van der Waals surface area contributed by atoms with Crippen LogP contribution in [0.1, 0.15) is 10.4 Å². The van der Waals surface area contributed by atoms with Crippen LogP contribution in [-0.4, -0.2) is 13.0 Å². The maximum absolute atomic E-state index is 12.0. The van der Waals surface area contributed by atoms with Gasteiger partial charge in [0.05, 0.1) is 12.1 Å². The molecule has 0 aliphatic rings. The first-order chi connectivity index (χ1) is 11.7. The third-order valence-electron chi connectivity index (χ3n) is 3.57. The Bertz CT molecular complexity index is 884. The Balaban J connectivity index is 1.62. The highest BCUT2D eigenvalue weighted by Gasteiger charge is 2.07. The molecule has 0 fully saturated rings. The van der Waals surface area contributed by atoms with Gasteiger partial charge in [0.25, 0.3) is 0 Å². The van der Waals surface area contributed by atoms with E-state index in [-0.39, 0.29) is 5.91 Å².